The summed E-state index contributed by atoms with van der Waals surface area (Å²) in [6, 6.07) is 7.07. The number of benzene rings is 1. The number of amides is 1. The van der Waals surface area contributed by atoms with E-state index in [9.17, 15) is 4.79 Å². The molecule has 0 bridgehead atoms. The Hall–Kier alpha value is -1.79. The third-order valence-corrected chi connectivity index (χ3v) is 2.15. The molecule has 1 atom stereocenters. The highest BCUT2D eigenvalue weighted by Crippen LogP contribution is 2.06. The Kier molecular flexibility index (Phi) is 3.90. The number of rotatable bonds is 4. The summed E-state index contributed by atoms with van der Waals surface area (Å²) in [4.78, 5) is 10.7. The Bertz CT molecular complexity index is 376. The van der Waals surface area contributed by atoms with Crippen LogP contribution < -0.4 is 11.5 Å². The largest absolute Gasteiger partial charge is 0.368 e. The molecule has 0 aliphatic rings. The first-order valence-electron chi connectivity index (χ1n) is 4.69. The first kappa shape index (κ1) is 11.3. The minimum atomic E-state index is -0.622. The third-order valence-electron chi connectivity index (χ3n) is 2.15. The molecule has 0 spiro atoms. The van der Waals surface area contributed by atoms with Gasteiger partial charge in [0.05, 0.1) is 6.04 Å². The quantitative estimate of drug-likeness (QED) is 0.686. The summed E-state index contributed by atoms with van der Waals surface area (Å²) < 4.78 is 0. The second kappa shape index (κ2) is 5.18. The van der Waals surface area contributed by atoms with E-state index < -0.39 is 11.9 Å². The summed E-state index contributed by atoms with van der Waals surface area (Å²) in [6.07, 6.45) is 6.27. The zero-order valence-corrected chi connectivity index (χ0v) is 8.44. The highest BCUT2D eigenvalue weighted by atomic mass is 16.1. The van der Waals surface area contributed by atoms with Gasteiger partial charge in [-0.2, -0.15) is 0 Å². The van der Waals surface area contributed by atoms with Gasteiger partial charge in [-0.25, -0.2) is 0 Å². The smallest absolute Gasteiger partial charge is 0.234 e. The molecule has 0 radical (unpaired) electrons. The summed E-state index contributed by atoms with van der Waals surface area (Å²) in [5, 5.41) is 0. The molecule has 0 saturated carbocycles. The van der Waals surface area contributed by atoms with E-state index in [1.807, 2.05) is 24.3 Å². The van der Waals surface area contributed by atoms with Crippen LogP contribution in [0.15, 0.2) is 24.3 Å². The summed E-state index contributed by atoms with van der Waals surface area (Å²) in [7, 11) is 0. The van der Waals surface area contributed by atoms with Gasteiger partial charge in [0.25, 0.3) is 0 Å². The Morgan fingerprint density at radius 1 is 1.33 bits per heavy atom. The van der Waals surface area contributed by atoms with Crippen molar-refractivity contribution in [2.75, 3.05) is 0 Å². The van der Waals surface area contributed by atoms with Gasteiger partial charge in [0, 0.05) is 6.42 Å². The molecule has 3 heteroatoms. The van der Waals surface area contributed by atoms with E-state index in [1.54, 1.807) is 0 Å². The molecule has 0 aliphatic heterocycles. The maximum absolute atomic E-state index is 10.7. The predicted molar refractivity (Wildman–Crippen MR) is 59.9 cm³/mol. The lowest BCUT2D eigenvalue weighted by molar-refractivity contribution is -0.119. The Balaban J connectivity index is 2.65. The summed E-state index contributed by atoms with van der Waals surface area (Å²) in [6.45, 7) is 0. The second-order valence-electron chi connectivity index (χ2n) is 3.41. The summed E-state index contributed by atoms with van der Waals surface area (Å²) >= 11 is 0. The predicted octanol–water partition coefficient (Wildman–Crippen LogP) is 0.217. The average molecular weight is 202 g/mol. The summed E-state index contributed by atoms with van der Waals surface area (Å²) in [5.41, 5.74) is 12.7. The van der Waals surface area contributed by atoms with Crippen molar-refractivity contribution in [1.29, 1.82) is 0 Å². The number of hydrogen-bond acceptors (Lipinski definition) is 2. The Morgan fingerprint density at radius 3 is 2.33 bits per heavy atom. The number of carbonyl (C=O) groups excluding carboxylic acids is 1. The van der Waals surface area contributed by atoms with Crippen molar-refractivity contribution in [1.82, 2.24) is 0 Å². The van der Waals surface area contributed by atoms with Crippen molar-refractivity contribution in [3.63, 3.8) is 0 Å². The minimum absolute atomic E-state index is 0.464. The molecule has 3 nitrogen and oxygen atoms in total. The van der Waals surface area contributed by atoms with Gasteiger partial charge in [-0.05, 0) is 17.5 Å². The van der Waals surface area contributed by atoms with Crippen LogP contribution in [0.4, 0.5) is 0 Å². The number of hydrogen-bond donors (Lipinski definition) is 2. The topological polar surface area (TPSA) is 69.1 Å². The van der Waals surface area contributed by atoms with E-state index in [1.165, 1.54) is 0 Å². The Morgan fingerprint density at radius 2 is 1.87 bits per heavy atom. The molecule has 0 aromatic heterocycles. The van der Waals surface area contributed by atoms with Crippen LogP contribution in [0.2, 0.25) is 0 Å². The molecule has 0 unspecified atom stereocenters. The first-order valence-corrected chi connectivity index (χ1v) is 4.69. The molecule has 15 heavy (non-hydrogen) atoms. The summed E-state index contributed by atoms with van der Waals surface area (Å²) in [5.74, 6) is 2.08. The minimum Gasteiger partial charge on any atom is -0.368 e. The third kappa shape index (κ3) is 3.45. The number of terminal acetylenes is 1. The molecule has 1 aromatic rings. The molecular formula is C12H14N2O. The normalized spacial score (nSPS) is 11.7. The van der Waals surface area contributed by atoms with E-state index in [-0.39, 0.29) is 0 Å². The monoisotopic (exact) mass is 202 g/mol. The Labute approximate surface area is 89.5 Å². The van der Waals surface area contributed by atoms with Crippen LogP contribution in [0, 0.1) is 12.3 Å². The van der Waals surface area contributed by atoms with Crippen LogP contribution in [-0.2, 0) is 17.6 Å². The van der Waals surface area contributed by atoms with Crippen LogP contribution in [0.5, 0.6) is 0 Å². The van der Waals surface area contributed by atoms with Crippen LogP contribution in [0.1, 0.15) is 11.1 Å². The molecule has 1 aromatic carbocycles. The van der Waals surface area contributed by atoms with Gasteiger partial charge < -0.3 is 11.5 Å². The zero-order valence-electron chi connectivity index (χ0n) is 8.44. The van der Waals surface area contributed by atoms with Gasteiger partial charge >= 0.3 is 0 Å². The number of carbonyl (C=O) groups is 1. The number of nitrogens with two attached hydrogens (primary N) is 2. The van der Waals surface area contributed by atoms with Gasteiger partial charge in [0.2, 0.25) is 5.91 Å². The van der Waals surface area contributed by atoms with Crippen molar-refractivity contribution in [3.05, 3.63) is 35.4 Å². The van der Waals surface area contributed by atoms with Gasteiger partial charge in [-0.3, -0.25) is 4.79 Å². The van der Waals surface area contributed by atoms with Crippen molar-refractivity contribution >= 4 is 5.91 Å². The molecular weight excluding hydrogens is 188 g/mol. The fourth-order valence-corrected chi connectivity index (χ4v) is 1.27. The fourth-order valence-electron chi connectivity index (χ4n) is 1.27. The fraction of sp³-hybridized carbons (Fsp3) is 0.250. The molecule has 78 valence electrons. The van der Waals surface area contributed by atoms with E-state index in [0.717, 1.165) is 11.1 Å². The van der Waals surface area contributed by atoms with Crippen LogP contribution in [-0.4, -0.2) is 11.9 Å². The lowest BCUT2D eigenvalue weighted by Crippen LogP contribution is -2.38. The SMILES string of the molecule is C#CCc1ccc(C[C@H](N)C(N)=O)cc1. The second-order valence-corrected chi connectivity index (χ2v) is 3.41. The molecule has 0 fully saturated rings. The van der Waals surface area contributed by atoms with Crippen LogP contribution >= 0.6 is 0 Å². The lowest BCUT2D eigenvalue weighted by Gasteiger charge is -2.07. The maximum Gasteiger partial charge on any atom is 0.234 e. The molecule has 4 N–H and O–H groups in total. The lowest BCUT2D eigenvalue weighted by atomic mass is 10.0. The highest BCUT2D eigenvalue weighted by molar-refractivity contribution is 5.79. The van der Waals surface area contributed by atoms with Crippen molar-refractivity contribution in [3.8, 4) is 12.3 Å². The van der Waals surface area contributed by atoms with Crippen LogP contribution in [0.3, 0.4) is 0 Å². The molecule has 1 amide bonds. The molecule has 0 heterocycles. The molecule has 0 saturated heterocycles. The van der Waals surface area contributed by atoms with Gasteiger partial charge in [-0.1, -0.05) is 24.3 Å². The van der Waals surface area contributed by atoms with Crippen LogP contribution in [0.25, 0.3) is 0 Å². The van der Waals surface area contributed by atoms with Gasteiger partial charge in [0.1, 0.15) is 0 Å². The van der Waals surface area contributed by atoms with Gasteiger partial charge in [0.15, 0.2) is 0 Å². The van der Waals surface area contributed by atoms with Gasteiger partial charge in [-0.15, -0.1) is 12.3 Å². The van der Waals surface area contributed by atoms with E-state index in [4.69, 9.17) is 17.9 Å². The molecule has 0 aliphatic carbocycles. The van der Waals surface area contributed by atoms with Crippen molar-refractivity contribution in [2.45, 2.75) is 18.9 Å². The van der Waals surface area contributed by atoms with E-state index in [2.05, 4.69) is 5.92 Å². The number of primary amides is 1. The zero-order chi connectivity index (χ0) is 11.3. The van der Waals surface area contributed by atoms with Crippen molar-refractivity contribution in [2.24, 2.45) is 11.5 Å². The standard InChI is InChI=1S/C12H14N2O/c1-2-3-9-4-6-10(7-5-9)8-11(13)12(14)15/h1,4-7,11H,3,8,13H2,(H2,14,15)/t11-/m0/s1. The van der Waals surface area contributed by atoms with E-state index >= 15 is 0 Å². The first-order chi connectivity index (χ1) is 7.13. The van der Waals surface area contributed by atoms with Crippen molar-refractivity contribution < 1.29 is 4.79 Å². The van der Waals surface area contributed by atoms with E-state index in [0.29, 0.717) is 12.8 Å². The molecule has 1 rings (SSSR count). The highest BCUT2D eigenvalue weighted by Gasteiger charge is 2.09. The average Bonchev–Trinajstić information content (AvgIpc) is 2.21. The maximum atomic E-state index is 10.7.